The Morgan fingerprint density at radius 3 is 2.58 bits per heavy atom. The van der Waals surface area contributed by atoms with Crippen LogP contribution in [-0.4, -0.2) is 9.97 Å². The van der Waals surface area contributed by atoms with E-state index in [4.69, 9.17) is 5.53 Å². The minimum Gasteiger partial charge on any atom is -0.265 e. The fourth-order valence-electron chi connectivity index (χ4n) is 2.97. The lowest BCUT2D eigenvalue weighted by Crippen LogP contribution is -2.03. The molecule has 0 aliphatic heterocycles. The summed E-state index contributed by atoms with van der Waals surface area (Å²) in [5.41, 5.74) is 12.8. The Hall–Kier alpha value is -3.42. The lowest BCUT2D eigenvalue weighted by molar-refractivity contribution is 0.502. The van der Waals surface area contributed by atoms with Crippen LogP contribution in [0.2, 0.25) is 0 Å². The zero-order valence-electron chi connectivity index (χ0n) is 14.7. The van der Waals surface area contributed by atoms with E-state index < -0.39 is 0 Å². The molecule has 128 valence electrons. The second-order valence-corrected chi connectivity index (χ2v) is 6.52. The normalized spacial score (nSPS) is 11.8. The van der Waals surface area contributed by atoms with Crippen LogP contribution in [0, 0.1) is 17.2 Å². The lowest BCUT2D eigenvalue weighted by Gasteiger charge is -2.15. The predicted octanol–water partition coefficient (Wildman–Crippen LogP) is 5.57. The summed E-state index contributed by atoms with van der Waals surface area (Å²) in [4.78, 5) is 11.6. The molecule has 1 atom stereocenters. The Balaban J connectivity index is 2.13. The van der Waals surface area contributed by atoms with Crippen LogP contribution in [-0.2, 0) is 0 Å². The number of aromatic nitrogens is 2. The van der Waals surface area contributed by atoms with Crippen LogP contribution in [0.1, 0.15) is 37.6 Å². The molecule has 0 bridgehead atoms. The summed E-state index contributed by atoms with van der Waals surface area (Å²) in [5.74, 6) is 0.350. The maximum Gasteiger partial charge on any atom is 0.0999 e. The molecule has 3 rings (SSSR count). The first-order valence-electron chi connectivity index (χ1n) is 8.41. The van der Waals surface area contributed by atoms with Gasteiger partial charge in [-0.25, -0.2) is 0 Å². The van der Waals surface area contributed by atoms with Crippen molar-refractivity contribution in [3.63, 3.8) is 0 Å². The summed E-state index contributed by atoms with van der Waals surface area (Å²) in [7, 11) is 0. The summed E-state index contributed by atoms with van der Waals surface area (Å²) in [6.45, 7) is 4.13. The average Bonchev–Trinajstić information content (AvgIpc) is 2.66. The first-order valence-corrected chi connectivity index (χ1v) is 8.41. The molecule has 0 aliphatic rings. The van der Waals surface area contributed by atoms with E-state index in [0.29, 0.717) is 23.6 Å². The van der Waals surface area contributed by atoms with Crippen LogP contribution in [0.5, 0.6) is 0 Å². The Morgan fingerprint density at radius 1 is 1.15 bits per heavy atom. The van der Waals surface area contributed by atoms with Gasteiger partial charge < -0.3 is 0 Å². The highest BCUT2D eigenvalue weighted by Crippen LogP contribution is 2.30. The number of rotatable bonds is 5. The van der Waals surface area contributed by atoms with E-state index in [-0.39, 0.29) is 6.04 Å². The summed E-state index contributed by atoms with van der Waals surface area (Å²) in [6.07, 6.45) is 4.16. The number of benzene rings is 1. The van der Waals surface area contributed by atoms with Gasteiger partial charge in [-0.3, -0.25) is 9.97 Å². The highest BCUT2D eigenvalue weighted by Gasteiger charge is 2.16. The zero-order valence-corrected chi connectivity index (χ0v) is 14.7. The Bertz CT molecular complexity index is 1010. The molecule has 2 aromatic heterocycles. The van der Waals surface area contributed by atoms with Crippen LogP contribution in [0.25, 0.3) is 32.5 Å². The average molecular weight is 342 g/mol. The smallest absolute Gasteiger partial charge is 0.0999 e. The van der Waals surface area contributed by atoms with Gasteiger partial charge in [0.1, 0.15) is 0 Å². The van der Waals surface area contributed by atoms with Crippen LogP contribution in [0.4, 0.5) is 0 Å². The second-order valence-electron chi connectivity index (χ2n) is 6.52. The van der Waals surface area contributed by atoms with Crippen molar-refractivity contribution >= 4 is 10.9 Å². The number of hydrogen-bond donors (Lipinski definition) is 0. The number of hydrogen-bond acceptors (Lipinski definition) is 4. The second kappa shape index (κ2) is 7.64. The monoisotopic (exact) mass is 342 g/mol. The molecule has 0 saturated heterocycles. The summed E-state index contributed by atoms with van der Waals surface area (Å²) in [5, 5.41) is 14.3. The van der Waals surface area contributed by atoms with Gasteiger partial charge in [0, 0.05) is 22.7 Å². The van der Waals surface area contributed by atoms with Crippen molar-refractivity contribution in [3.8, 4) is 17.2 Å². The molecular weight excluding hydrogens is 324 g/mol. The molecule has 0 spiro atoms. The zero-order chi connectivity index (χ0) is 18.5. The Morgan fingerprint density at radius 2 is 1.92 bits per heavy atom. The number of pyridine rings is 2. The molecule has 0 aliphatic carbocycles. The largest absolute Gasteiger partial charge is 0.265 e. The maximum atomic E-state index is 9.62. The molecule has 0 saturated carbocycles. The van der Waals surface area contributed by atoms with Gasteiger partial charge in [-0.2, -0.15) is 5.26 Å². The van der Waals surface area contributed by atoms with Gasteiger partial charge >= 0.3 is 0 Å². The van der Waals surface area contributed by atoms with Crippen molar-refractivity contribution in [1.82, 2.24) is 9.97 Å². The van der Waals surface area contributed by atoms with Gasteiger partial charge in [-0.1, -0.05) is 25.0 Å². The minimum atomic E-state index is -0.378. The van der Waals surface area contributed by atoms with Crippen molar-refractivity contribution < 1.29 is 0 Å². The van der Waals surface area contributed by atoms with Crippen molar-refractivity contribution in [2.24, 2.45) is 11.0 Å². The molecule has 0 radical (unpaired) electrons. The highest BCUT2D eigenvalue weighted by atomic mass is 15.2. The molecular formula is C20H18N6. The first kappa shape index (κ1) is 17.4. The molecule has 2 heterocycles. The number of fused-ring (bicyclic) bond motifs is 1. The molecule has 6 heteroatoms. The molecule has 0 fully saturated rings. The van der Waals surface area contributed by atoms with Gasteiger partial charge in [-0.15, -0.1) is 0 Å². The number of nitrogens with zero attached hydrogens (tertiary/aromatic N) is 6. The van der Waals surface area contributed by atoms with Gasteiger partial charge in [0.15, 0.2) is 0 Å². The highest BCUT2D eigenvalue weighted by molar-refractivity contribution is 5.89. The standard InChI is InChI=1S/C20H18N6/c1-13(2)9-20(25-26-22)19-11-16(12-21)17-10-15(3-4-18(17)24-19)14-5-7-23-8-6-14/h3-8,10-11,13,20H,9H2,1-2H3. The quantitative estimate of drug-likeness (QED) is 0.344. The van der Waals surface area contributed by atoms with Crippen LogP contribution in [0.3, 0.4) is 0 Å². The third kappa shape index (κ3) is 3.64. The summed E-state index contributed by atoms with van der Waals surface area (Å²) >= 11 is 0. The van der Waals surface area contributed by atoms with E-state index in [9.17, 15) is 5.26 Å². The van der Waals surface area contributed by atoms with Gasteiger partial charge in [0.25, 0.3) is 0 Å². The van der Waals surface area contributed by atoms with Crippen molar-refractivity contribution in [3.05, 3.63) is 70.5 Å². The molecule has 3 aromatic rings. The molecule has 6 nitrogen and oxygen atoms in total. The van der Waals surface area contributed by atoms with Crippen LogP contribution in [0.15, 0.2) is 53.9 Å². The molecule has 0 N–H and O–H groups in total. The lowest BCUT2D eigenvalue weighted by atomic mass is 9.97. The van der Waals surface area contributed by atoms with E-state index >= 15 is 0 Å². The molecule has 0 amide bonds. The molecule has 1 aromatic carbocycles. The van der Waals surface area contributed by atoms with Gasteiger partial charge in [0.05, 0.1) is 28.9 Å². The van der Waals surface area contributed by atoms with Crippen molar-refractivity contribution in [1.29, 1.82) is 5.26 Å². The Labute approximate surface area is 151 Å². The first-order chi connectivity index (χ1) is 12.6. The topological polar surface area (TPSA) is 98.3 Å². The van der Waals surface area contributed by atoms with E-state index in [1.165, 1.54) is 0 Å². The van der Waals surface area contributed by atoms with E-state index in [2.05, 4.69) is 39.9 Å². The van der Waals surface area contributed by atoms with Crippen molar-refractivity contribution in [2.75, 3.05) is 0 Å². The van der Waals surface area contributed by atoms with E-state index in [0.717, 1.165) is 22.0 Å². The molecule has 1 unspecified atom stereocenters. The van der Waals surface area contributed by atoms with E-state index in [1.54, 1.807) is 18.5 Å². The van der Waals surface area contributed by atoms with Gasteiger partial charge in [0.2, 0.25) is 0 Å². The summed E-state index contributed by atoms with van der Waals surface area (Å²) < 4.78 is 0. The summed E-state index contributed by atoms with van der Waals surface area (Å²) in [6, 6.07) is 13.3. The van der Waals surface area contributed by atoms with Crippen LogP contribution < -0.4 is 0 Å². The van der Waals surface area contributed by atoms with E-state index in [1.807, 2.05) is 30.3 Å². The number of azide groups is 1. The maximum absolute atomic E-state index is 9.62. The Kier molecular flexibility index (Phi) is 5.12. The minimum absolute atomic E-state index is 0.350. The SMILES string of the molecule is CC(C)CC(N=[N+]=[N-])c1cc(C#N)c2cc(-c3ccncc3)ccc2n1. The fourth-order valence-corrected chi connectivity index (χ4v) is 2.97. The number of nitriles is 1. The van der Waals surface area contributed by atoms with Gasteiger partial charge in [-0.05, 0) is 59.3 Å². The molecule has 26 heavy (non-hydrogen) atoms. The third-order valence-electron chi connectivity index (χ3n) is 4.19. The van der Waals surface area contributed by atoms with Crippen molar-refractivity contribution in [2.45, 2.75) is 26.3 Å². The van der Waals surface area contributed by atoms with Crippen LogP contribution >= 0.6 is 0 Å². The third-order valence-corrected chi connectivity index (χ3v) is 4.19. The predicted molar refractivity (Wildman–Crippen MR) is 101 cm³/mol. The fraction of sp³-hybridized carbons (Fsp3) is 0.250.